The minimum absolute atomic E-state index is 0.00398. The quantitative estimate of drug-likeness (QED) is 0.662. The van der Waals surface area contributed by atoms with Crippen molar-refractivity contribution in [3.63, 3.8) is 0 Å². The van der Waals surface area contributed by atoms with Crippen LogP contribution in [0, 0.1) is 11.8 Å². The van der Waals surface area contributed by atoms with E-state index < -0.39 is 0 Å². The molecule has 3 N–H and O–H groups in total. The van der Waals surface area contributed by atoms with Gasteiger partial charge in [-0.15, -0.1) is 0 Å². The molecule has 1 aliphatic carbocycles. The number of hydrogen-bond acceptors (Lipinski definition) is 4. The zero-order valence-electron chi connectivity index (χ0n) is 14.5. The number of furan rings is 1. The normalized spacial score (nSPS) is 18.0. The van der Waals surface area contributed by atoms with Crippen LogP contribution < -0.4 is 16.0 Å². The van der Waals surface area contributed by atoms with E-state index in [0.29, 0.717) is 17.2 Å². The number of nitrogens with one attached hydrogen (secondary N) is 3. The maximum atomic E-state index is 12.2. The molecule has 26 heavy (non-hydrogen) atoms. The summed E-state index contributed by atoms with van der Waals surface area (Å²) >= 11 is 0. The lowest BCUT2D eigenvalue weighted by Gasteiger charge is -2.09. The molecule has 0 aliphatic heterocycles. The molecule has 3 rings (SSSR count). The third-order valence-electron chi connectivity index (χ3n) is 4.28. The van der Waals surface area contributed by atoms with E-state index in [0.717, 1.165) is 6.42 Å². The van der Waals surface area contributed by atoms with Crippen molar-refractivity contribution >= 4 is 23.4 Å². The molecule has 0 bridgehead atoms. The first-order valence-corrected chi connectivity index (χ1v) is 8.55. The van der Waals surface area contributed by atoms with E-state index in [2.05, 4.69) is 16.0 Å². The molecule has 1 aromatic carbocycles. The summed E-state index contributed by atoms with van der Waals surface area (Å²) in [7, 11) is 0. The Labute approximate surface area is 151 Å². The van der Waals surface area contributed by atoms with Crippen molar-refractivity contribution in [3.8, 4) is 0 Å². The highest BCUT2D eigenvalue weighted by molar-refractivity contribution is 5.98. The molecule has 3 amide bonds. The van der Waals surface area contributed by atoms with Gasteiger partial charge in [-0.3, -0.25) is 14.4 Å². The van der Waals surface area contributed by atoms with Gasteiger partial charge >= 0.3 is 0 Å². The summed E-state index contributed by atoms with van der Waals surface area (Å²) in [6, 6.07) is 9.99. The highest BCUT2D eigenvalue weighted by Crippen LogP contribution is 2.38. The van der Waals surface area contributed by atoms with Gasteiger partial charge in [-0.2, -0.15) is 0 Å². The maximum absolute atomic E-state index is 12.2. The number of carbonyl (C=O) groups excluding carboxylic acids is 3. The van der Waals surface area contributed by atoms with Crippen LogP contribution in [0.15, 0.2) is 47.1 Å². The molecule has 2 aromatic rings. The van der Waals surface area contributed by atoms with E-state index in [9.17, 15) is 14.4 Å². The Kier molecular flexibility index (Phi) is 5.36. The Balaban J connectivity index is 1.45. The zero-order valence-corrected chi connectivity index (χ0v) is 14.5. The third-order valence-corrected chi connectivity index (χ3v) is 4.28. The fraction of sp³-hybridized carbons (Fsp3) is 0.316. The SMILES string of the molecule is CC1CC1C(=O)Nc1cccc(C(=O)NCCNC(=O)c2ccco2)c1. The molecule has 7 heteroatoms. The molecule has 1 heterocycles. The van der Waals surface area contributed by atoms with Crippen molar-refractivity contribution < 1.29 is 18.8 Å². The van der Waals surface area contributed by atoms with Crippen molar-refractivity contribution in [3.05, 3.63) is 54.0 Å². The Bertz CT molecular complexity index is 801. The average Bonchev–Trinajstić information content (AvgIpc) is 3.13. The lowest BCUT2D eigenvalue weighted by Crippen LogP contribution is -2.34. The fourth-order valence-electron chi connectivity index (χ4n) is 2.61. The van der Waals surface area contributed by atoms with Gasteiger partial charge in [-0.1, -0.05) is 13.0 Å². The van der Waals surface area contributed by atoms with Crippen molar-refractivity contribution in [2.24, 2.45) is 11.8 Å². The first kappa shape index (κ1) is 17.7. The van der Waals surface area contributed by atoms with Gasteiger partial charge in [0.15, 0.2) is 5.76 Å². The van der Waals surface area contributed by atoms with Crippen LogP contribution in [-0.2, 0) is 4.79 Å². The van der Waals surface area contributed by atoms with E-state index >= 15 is 0 Å². The summed E-state index contributed by atoms with van der Waals surface area (Å²) in [5.74, 6) is 0.125. The maximum Gasteiger partial charge on any atom is 0.287 e. The summed E-state index contributed by atoms with van der Waals surface area (Å²) < 4.78 is 4.98. The first-order valence-electron chi connectivity index (χ1n) is 8.55. The zero-order chi connectivity index (χ0) is 18.5. The Morgan fingerprint density at radius 1 is 1.08 bits per heavy atom. The van der Waals surface area contributed by atoms with Crippen LogP contribution in [0.4, 0.5) is 5.69 Å². The number of amides is 3. The van der Waals surface area contributed by atoms with Gasteiger partial charge in [-0.25, -0.2) is 0 Å². The smallest absolute Gasteiger partial charge is 0.287 e. The first-order chi connectivity index (χ1) is 12.5. The molecule has 2 unspecified atom stereocenters. The molecule has 7 nitrogen and oxygen atoms in total. The van der Waals surface area contributed by atoms with Crippen LogP contribution >= 0.6 is 0 Å². The van der Waals surface area contributed by atoms with Crippen LogP contribution in [0.3, 0.4) is 0 Å². The highest BCUT2D eigenvalue weighted by atomic mass is 16.3. The second kappa shape index (κ2) is 7.86. The van der Waals surface area contributed by atoms with Gasteiger partial charge in [0.25, 0.3) is 11.8 Å². The lowest BCUT2D eigenvalue weighted by atomic mass is 10.2. The summed E-state index contributed by atoms with van der Waals surface area (Å²) in [5, 5.41) is 8.21. The minimum Gasteiger partial charge on any atom is -0.459 e. The van der Waals surface area contributed by atoms with E-state index in [-0.39, 0.29) is 42.5 Å². The number of carbonyl (C=O) groups is 3. The lowest BCUT2D eigenvalue weighted by molar-refractivity contribution is -0.117. The second-order valence-electron chi connectivity index (χ2n) is 6.38. The van der Waals surface area contributed by atoms with Crippen LogP contribution in [0.5, 0.6) is 0 Å². The molecule has 2 atom stereocenters. The summed E-state index contributed by atoms with van der Waals surface area (Å²) in [4.78, 5) is 35.9. The van der Waals surface area contributed by atoms with Gasteiger partial charge < -0.3 is 20.4 Å². The van der Waals surface area contributed by atoms with Gasteiger partial charge in [0.1, 0.15) is 0 Å². The predicted octanol–water partition coefficient (Wildman–Crippen LogP) is 2.03. The highest BCUT2D eigenvalue weighted by Gasteiger charge is 2.39. The predicted molar refractivity (Wildman–Crippen MR) is 95.7 cm³/mol. The van der Waals surface area contributed by atoms with Gasteiger partial charge in [0, 0.05) is 30.3 Å². The minimum atomic E-state index is -0.330. The van der Waals surface area contributed by atoms with Crippen molar-refractivity contribution in [2.45, 2.75) is 13.3 Å². The molecule has 1 fully saturated rings. The molecule has 0 radical (unpaired) electrons. The van der Waals surface area contributed by atoms with Crippen molar-refractivity contribution in [2.75, 3.05) is 18.4 Å². The topological polar surface area (TPSA) is 100 Å². The summed E-state index contributed by atoms with van der Waals surface area (Å²) in [6.07, 6.45) is 2.34. The molecule has 0 spiro atoms. The van der Waals surface area contributed by atoms with Crippen LogP contribution in [-0.4, -0.2) is 30.8 Å². The standard InChI is InChI=1S/C19H21N3O4/c1-12-10-15(12)18(24)22-14-5-2-4-13(11-14)17(23)20-7-8-21-19(25)16-6-3-9-26-16/h2-6,9,11-12,15H,7-8,10H2,1H3,(H,20,23)(H,21,25)(H,22,24). The summed E-state index contributed by atoms with van der Waals surface area (Å²) in [5.41, 5.74) is 1.05. The number of rotatable bonds is 7. The third kappa shape index (κ3) is 4.50. The number of hydrogen-bond donors (Lipinski definition) is 3. The average molecular weight is 355 g/mol. The molecule has 0 saturated heterocycles. The Morgan fingerprint density at radius 2 is 1.81 bits per heavy atom. The van der Waals surface area contributed by atoms with Crippen LogP contribution in [0.2, 0.25) is 0 Å². The van der Waals surface area contributed by atoms with Gasteiger partial charge in [0.2, 0.25) is 5.91 Å². The monoisotopic (exact) mass is 355 g/mol. The second-order valence-corrected chi connectivity index (χ2v) is 6.38. The fourth-order valence-corrected chi connectivity index (χ4v) is 2.61. The van der Waals surface area contributed by atoms with Gasteiger partial charge in [0.05, 0.1) is 6.26 Å². The van der Waals surface area contributed by atoms with E-state index in [4.69, 9.17) is 4.42 Å². The number of anilines is 1. The van der Waals surface area contributed by atoms with Crippen LogP contribution in [0.25, 0.3) is 0 Å². The Hall–Kier alpha value is -3.09. The molecule has 1 aromatic heterocycles. The molecule has 1 aliphatic rings. The molecule has 1 saturated carbocycles. The van der Waals surface area contributed by atoms with E-state index in [1.54, 1.807) is 36.4 Å². The molecule has 136 valence electrons. The van der Waals surface area contributed by atoms with Crippen molar-refractivity contribution in [1.29, 1.82) is 0 Å². The molecular weight excluding hydrogens is 334 g/mol. The van der Waals surface area contributed by atoms with E-state index in [1.807, 2.05) is 6.92 Å². The Morgan fingerprint density at radius 3 is 2.46 bits per heavy atom. The summed E-state index contributed by atoms with van der Waals surface area (Å²) in [6.45, 7) is 2.60. The molecular formula is C19H21N3O4. The van der Waals surface area contributed by atoms with Crippen LogP contribution in [0.1, 0.15) is 34.3 Å². The van der Waals surface area contributed by atoms with Crippen molar-refractivity contribution in [1.82, 2.24) is 10.6 Å². The largest absolute Gasteiger partial charge is 0.459 e. The van der Waals surface area contributed by atoms with E-state index in [1.165, 1.54) is 6.26 Å². The number of benzene rings is 1. The van der Waals surface area contributed by atoms with Gasteiger partial charge in [-0.05, 0) is 42.7 Å².